The van der Waals surface area contributed by atoms with Gasteiger partial charge in [0.05, 0.1) is 47.1 Å². The summed E-state index contributed by atoms with van der Waals surface area (Å²) < 4.78 is 4.87. The van der Waals surface area contributed by atoms with Gasteiger partial charge in [-0.15, -0.1) is 0 Å². The second-order valence-corrected chi connectivity index (χ2v) is 31.1. The van der Waals surface area contributed by atoms with Crippen LogP contribution in [0.2, 0.25) is 19.6 Å². The molecule has 0 saturated carbocycles. The molecule has 1 N–H and O–H groups in total. The first-order chi connectivity index (χ1) is 33.6. The van der Waals surface area contributed by atoms with E-state index >= 15 is 0 Å². The monoisotopic (exact) mass is 970 g/mol. The van der Waals surface area contributed by atoms with E-state index in [1.165, 1.54) is 33.0 Å². The van der Waals surface area contributed by atoms with Crippen molar-refractivity contribution in [3.8, 4) is 56.6 Å². The fraction of sp³-hybridized carbons (Fsp3) is 0.369. The summed E-state index contributed by atoms with van der Waals surface area (Å²) in [5.41, 5.74) is 17.1. The molecular formula is C65H75N5OSi. The quantitative estimate of drug-likeness (QED) is 0.162. The number of nitrogens with zero attached hydrogens (tertiary/aromatic N) is 5. The van der Waals surface area contributed by atoms with Crippen LogP contribution in [0.3, 0.4) is 0 Å². The molecule has 0 aliphatic carbocycles. The molecule has 0 radical (unpaired) electrons. The maximum atomic E-state index is 12.9. The molecule has 72 heavy (non-hydrogen) atoms. The highest BCUT2D eigenvalue weighted by Crippen LogP contribution is 2.50. The van der Waals surface area contributed by atoms with Crippen LogP contribution in [0.4, 0.5) is 0 Å². The maximum Gasteiger partial charge on any atom is 0.149 e. The number of phenols is 1. The predicted molar refractivity (Wildman–Crippen MR) is 309 cm³/mol. The van der Waals surface area contributed by atoms with Gasteiger partial charge in [0.1, 0.15) is 22.9 Å². The molecule has 7 heteroatoms. The first kappa shape index (κ1) is 49.3. The van der Waals surface area contributed by atoms with Crippen molar-refractivity contribution in [2.45, 2.75) is 157 Å². The van der Waals surface area contributed by atoms with E-state index in [0.29, 0.717) is 0 Å². The number of benzene rings is 6. The molecule has 0 unspecified atom stereocenters. The molecule has 0 spiro atoms. The molecule has 370 valence electrons. The summed E-state index contributed by atoms with van der Waals surface area (Å²) in [6.45, 7) is 41.5. The Morgan fingerprint density at radius 3 is 1.82 bits per heavy atom. The highest BCUT2D eigenvalue weighted by Gasteiger charge is 2.39. The Balaban J connectivity index is 1.37. The van der Waals surface area contributed by atoms with E-state index in [-0.39, 0.29) is 39.4 Å². The summed E-state index contributed by atoms with van der Waals surface area (Å²) in [4.78, 5) is 16.6. The molecule has 0 bridgehead atoms. The van der Waals surface area contributed by atoms with Gasteiger partial charge in [-0.05, 0) is 111 Å². The van der Waals surface area contributed by atoms with Gasteiger partial charge in [0, 0.05) is 33.8 Å². The molecule has 0 fully saturated rings. The summed E-state index contributed by atoms with van der Waals surface area (Å²) in [6.07, 6.45) is 1.95. The fourth-order valence-electron chi connectivity index (χ4n) is 11.2. The number of pyridine rings is 1. The van der Waals surface area contributed by atoms with Gasteiger partial charge in [-0.3, -0.25) is 9.55 Å². The Bertz CT molecular complexity index is 3640. The zero-order chi connectivity index (χ0) is 51.9. The lowest BCUT2D eigenvalue weighted by Gasteiger charge is -2.29. The Hall–Kier alpha value is -6.31. The molecule has 0 amide bonds. The van der Waals surface area contributed by atoms with E-state index in [2.05, 4.69) is 236 Å². The largest absolute Gasteiger partial charge is 0.507 e. The van der Waals surface area contributed by atoms with E-state index in [0.717, 1.165) is 89.3 Å². The van der Waals surface area contributed by atoms with Crippen LogP contribution >= 0.6 is 0 Å². The van der Waals surface area contributed by atoms with Crippen molar-refractivity contribution in [2.75, 3.05) is 0 Å². The van der Waals surface area contributed by atoms with E-state index in [1.54, 1.807) is 0 Å². The van der Waals surface area contributed by atoms with Crippen LogP contribution in [-0.2, 0) is 21.8 Å². The summed E-state index contributed by atoms with van der Waals surface area (Å²) in [5.74, 6) is 2.42. The third-order valence-electron chi connectivity index (χ3n) is 15.5. The predicted octanol–water partition coefficient (Wildman–Crippen LogP) is 17.1. The molecule has 1 aliphatic heterocycles. The average Bonchev–Trinajstić information content (AvgIpc) is 3.96. The third-order valence-corrected chi connectivity index (χ3v) is 17.5. The van der Waals surface area contributed by atoms with Crippen molar-refractivity contribution >= 4 is 46.1 Å². The summed E-state index contributed by atoms with van der Waals surface area (Å²) in [5, 5.41) is 16.6. The van der Waals surface area contributed by atoms with Crippen LogP contribution in [0.1, 0.15) is 149 Å². The van der Waals surface area contributed by atoms with Gasteiger partial charge in [0.25, 0.3) is 0 Å². The van der Waals surface area contributed by atoms with Gasteiger partial charge >= 0.3 is 0 Å². The van der Waals surface area contributed by atoms with Crippen molar-refractivity contribution in [3.05, 3.63) is 143 Å². The van der Waals surface area contributed by atoms with Crippen LogP contribution in [-0.4, -0.2) is 37.3 Å². The van der Waals surface area contributed by atoms with Crippen LogP contribution in [0, 0.1) is 0 Å². The van der Waals surface area contributed by atoms with E-state index in [9.17, 15) is 5.11 Å². The SMILES string of the molecule is CC(C)c1cc([Si](C)(C)C)cc(C(C)C)c1-n1c(-c2cc(C(C)(C)C)cc(C(C)(C)C)c2O)nc2c(-c3cc(-c4nccc5c4nc4n5C(C)(C)c5ccccc5-4)cc(C(C)(C)C)c3)cc3ccccc3c21. The van der Waals surface area contributed by atoms with Crippen LogP contribution in [0.5, 0.6) is 5.75 Å². The summed E-state index contributed by atoms with van der Waals surface area (Å²) >= 11 is 0. The lowest BCUT2D eigenvalue weighted by Crippen LogP contribution is -2.38. The summed E-state index contributed by atoms with van der Waals surface area (Å²) in [7, 11) is -1.76. The Morgan fingerprint density at radius 1 is 0.597 bits per heavy atom. The van der Waals surface area contributed by atoms with Crippen molar-refractivity contribution in [1.29, 1.82) is 0 Å². The van der Waals surface area contributed by atoms with E-state index in [4.69, 9.17) is 15.0 Å². The molecule has 1 aliphatic rings. The van der Waals surface area contributed by atoms with E-state index < -0.39 is 8.07 Å². The molecular weight excluding hydrogens is 895 g/mol. The number of aromatic nitrogens is 5. The van der Waals surface area contributed by atoms with Gasteiger partial charge in [-0.25, -0.2) is 9.97 Å². The van der Waals surface area contributed by atoms with Gasteiger partial charge in [-0.1, -0.05) is 188 Å². The standard InChI is InChI=1S/C65H75N5OSi/c1-37(2)47-35-44(72(16,17)18)36-48(38(3)4)57(47)69-58-45-24-20-19-23-39(45)32-49(55(58)67-60(69)50-33-43(63(8,9)10)34-52(59(50)71)64(11,12)13)40-29-41(31-42(30-40)62(5,6)7)54-56-53(27-28-66-54)70-61(68-56)46-25-21-22-26-51(46)65(70,14)15/h19-38,71H,1-18H3. The Kier molecular flexibility index (Phi) is 11.4. The van der Waals surface area contributed by atoms with Crippen molar-refractivity contribution < 1.29 is 5.11 Å². The first-order valence-electron chi connectivity index (χ1n) is 26.2. The van der Waals surface area contributed by atoms with Gasteiger partial charge in [0.15, 0.2) is 0 Å². The molecule has 0 saturated heterocycles. The van der Waals surface area contributed by atoms with Crippen molar-refractivity contribution in [1.82, 2.24) is 24.1 Å². The average molecular weight is 970 g/mol. The second-order valence-electron chi connectivity index (χ2n) is 26.0. The molecule has 4 heterocycles. The van der Waals surface area contributed by atoms with Crippen LogP contribution < -0.4 is 5.19 Å². The topological polar surface area (TPSA) is 68.8 Å². The first-order valence-corrected chi connectivity index (χ1v) is 29.7. The zero-order valence-electron chi connectivity index (χ0n) is 46.2. The number of hydrogen-bond donors (Lipinski definition) is 1. The lowest BCUT2D eigenvalue weighted by molar-refractivity contribution is 0.446. The minimum absolute atomic E-state index is 0.197. The van der Waals surface area contributed by atoms with Gasteiger partial charge in [-0.2, -0.15) is 0 Å². The third kappa shape index (κ3) is 7.93. The normalized spacial score (nSPS) is 14.1. The minimum atomic E-state index is -1.76. The highest BCUT2D eigenvalue weighted by molar-refractivity contribution is 6.88. The van der Waals surface area contributed by atoms with Gasteiger partial charge < -0.3 is 9.67 Å². The number of rotatable bonds is 7. The molecule has 6 nitrogen and oxygen atoms in total. The fourth-order valence-corrected chi connectivity index (χ4v) is 12.4. The minimum Gasteiger partial charge on any atom is -0.507 e. The van der Waals surface area contributed by atoms with Crippen molar-refractivity contribution in [2.24, 2.45) is 0 Å². The van der Waals surface area contributed by atoms with E-state index in [1.807, 2.05) is 6.20 Å². The number of aromatic hydroxyl groups is 1. The molecule has 3 aromatic heterocycles. The number of imidazole rings is 2. The maximum absolute atomic E-state index is 12.9. The number of phenolic OH excluding ortho intramolecular Hbond substituents is 1. The van der Waals surface area contributed by atoms with Crippen LogP contribution in [0.25, 0.3) is 83.7 Å². The number of hydrogen-bond acceptors (Lipinski definition) is 4. The lowest BCUT2D eigenvalue weighted by atomic mass is 9.79. The number of fused-ring (bicyclic) bond motifs is 8. The molecule has 0 atom stereocenters. The summed E-state index contributed by atoms with van der Waals surface area (Å²) in [6, 6.07) is 38.4. The zero-order valence-corrected chi connectivity index (χ0v) is 47.2. The Labute approximate surface area is 429 Å². The van der Waals surface area contributed by atoms with Crippen LogP contribution in [0.15, 0.2) is 109 Å². The Morgan fingerprint density at radius 2 is 1.19 bits per heavy atom. The van der Waals surface area contributed by atoms with Gasteiger partial charge in [0.2, 0.25) is 0 Å². The molecule has 10 rings (SSSR count). The van der Waals surface area contributed by atoms with Crippen molar-refractivity contribution in [3.63, 3.8) is 0 Å². The second kappa shape index (κ2) is 16.6. The molecule has 6 aromatic carbocycles. The smallest absolute Gasteiger partial charge is 0.149 e. The molecule has 9 aromatic rings. The highest BCUT2D eigenvalue weighted by atomic mass is 28.3.